The molecule has 0 aliphatic rings. The number of nitrogens with one attached hydrogen (secondary N) is 1. The number of nitrogens with zero attached hydrogens (tertiary/aromatic N) is 2. The lowest BCUT2D eigenvalue weighted by atomic mass is 10.2. The van der Waals surface area contributed by atoms with Gasteiger partial charge in [0.25, 0.3) is 5.91 Å². The Morgan fingerprint density at radius 1 is 1.04 bits per heavy atom. The van der Waals surface area contributed by atoms with Crippen LogP contribution in [-0.4, -0.2) is 44.8 Å². The zero-order chi connectivity index (χ0) is 20.9. The minimum Gasteiger partial charge on any atom is -0.372 e. The van der Waals surface area contributed by atoms with Crippen molar-refractivity contribution in [2.45, 2.75) is 38.6 Å². The van der Waals surface area contributed by atoms with Gasteiger partial charge in [0, 0.05) is 43.1 Å². The van der Waals surface area contributed by atoms with Crippen LogP contribution in [0, 0.1) is 0 Å². The topological polar surface area (TPSA) is 69.7 Å². The predicted molar refractivity (Wildman–Crippen MR) is 114 cm³/mol. The number of hydrogen-bond acceptors (Lipinski definition) is 4. The van der Waals surface area contributed by atoms with Crippen molar-refractivity contribution in [3.05, 3.63) is 54.1 Å². The van der Waals surface area contributed by atoms with Gasteiger partial charge in [-0.2, -0.15) is 4.31 Å². The molecule has 2 rings (SSSR count). The normalized spacial score (nSPS) is 11.7. The fourth-order valence-electron chi connectivity index (χ4n) is 2.79. The molecule has 1 N–H and O–H groups in total. The molecular weight excluding hydrogens is 374 g/mol. The fraction of sp³-hybridized carbons (Fsp3) is 0.381. The largest absolute Gasteiger partial charge is 0.372 e. The van der Waals surface area contributed by atoms with E-state index in [4.69, 9.17) is 0 Å². The van der Waals surface area contributed by atoms with Gasteiger partial charge in [-0.3, -0.25) is 4.79 Å². The van der Waals surface area contributed by atoms with Crippen molar-refractivity contribution in [2.75, 3.05) is 30.4 Å². The van der Waals surface area contributed by atoms with Crippen LogP contribution in [0.15, 0.2) is 53.4 Å². The van der Waals surface area contributed by atoms with E-state index < -0.39 is 10.0 Å². The second kappa shape index (κ2) is 9.21. The molecule has 0 unspecified atom stereocenters. The number of amides is 1. The zero-order valence-corrected chi connectivity index (χ0v) is 18.0. The Morgan fingerprint density at radius 3 is 2.18 bits per heavy atom. The van der Waals surface area contributed by atoms with E-state index in [9.17, 15) is 13.2 Å². The number of hydrogen-bond donors (Lipinski definition) is 1. The summed E-state index contributed by atoms with van der Waals surface area (Å²) in [6, 6.07) is 13.5. The van der Waals surface area contributed by atoms with Gasteiger partial charge in [-0.15, -0.1) is 0 Å². The number of rotatable bonds is 8. The predicted octanol–water partition coefficient (Wildman–Crippen LogP) is 3.81. The van der Waals surface area contributed by atoms with Gasteiger partial charge in [0.1, 0.15) is 0 Å². The minimum absolute atomic E-state index is 0.105. The molecule has 0 radical (unpaired) electrons. The van der Waals surface area contributed by atoms with Crippen LogP contribution in [0.25, 0.3) is 0 Å². The number of anilines is 2. The van der Waals surface area contributed by atoms with Crippen LogP contribution < -0.4 is 10.2 Å². The molecule has 0 aliphatic carbocycles. The molecule has 7 heteroatoms. The van der Waals surface area contributed by atoms with Crippen molar-refractivity contribution in [3.8, 4) is 0 Å². The molecule has 0 aliphatic heterocycles. The van der Waals surface area contributed by atoms with Crippen molar-refractivity contribution in [1.82, 2.24) is 4.31 Å². The van der Waals surface area contributed by atoms with E-state index in [0.29, 0.717) is 11.3 Å². The third-order valence-electron chi connectivity index (χ3n) is 4.75. The highest BCUT2D eigenvalue weighted by molar-refractivity contribution is 7.89. The number of carbonyl (C=O) groups is 1. The first kappa shape index (κ1) is 21.9. The molecule has 0 fully saturated rings. The molecule has 0 aromatic heterocycles. The standard InChI is InChI=1S/C21H29N3O3S/c1-6-24(7-2)19-13-11-18(12-14-19)22-21(25)17-9-8-10-20(15-17)28(26,27)23(5)16(3)4/h8-16H,6-7H2,1-5H3,(H,22,25). The summed E-state index contributed by atoms with van der Waals surface area (Å²) in [7, 11) is -2.11. The van der Waals surface area contributed by atoms with Gasteiger partial charge in [0.2, 0.25) is 10.0 Å². The molecule has 28 heavy (non-hydrogen) atoms. The highest BCUT2D eigenvalue weighted by Gasteiger charge is 2.23. The summed E-state index contributed by atoms with van der Waals surface area (Å²) in [5.41, 5.74) is 2.05. The van der Waals surface area contributed by atoms with Crippen LogP contribution in [0.3, 0.4) is 0 Å². The van der Waals surface area contributed by atoms with Crippen molar-refractivity contribution < 1.29 is 13.2 Å². The molecule has 0 bridgehead atoms. The zero-order valence-electron chi connectivity index (χ0n) is 17.1. The summed E-state index contributed by atoms with van der Waals surface area (Å²) in [6.45, 7) is 9.61. The first-order valence-corrected chi connectivity index (χ1v) is 10.9. The maximum atomic E-state index is 12.7. The van der Waals surface area contributed by atoms with Gasteiger partial charge < -0.3 is 10.2 Å². The van der Waals surface area contributed by atoms with Crippen molar-refractivity contribution in [3.63, 3.8) is 0 Å². The lowest BCUT2D eigenvalue weighted by Crippen LogP contribution is -2.33. The van der Waals surface area contributed by atoms with Crippen LogP contribution in [-0.2, 0) is 10.0 Å². The summed E-state index contributed by atoms with van der Waals surface area (Å²) in [5, 5.41) is 2.83. The van der Waals surface area contributed by atoms with E-state index in [2.05, 4.69) is 24.1 Å². The lowest BCUT2D eigenvalue weighted by molar-refractivity contribution is 0.102. The van der Waals surface area contributed by atoms with Gasteiger partial charge >= 0.3 is 0 Å². The summed E-state index contributed by atoms with van der Waals surface area (Å²) in [4.78, 5) is 14.9. The summed E-state index contributed by atoms with van der Waals surface area (Å²) < 4.78 is 26.6. The molecule has 1 amide bonds. The molecule has 152 valence electrons. The molecule has 0 atom stereocenters. The van der Waals surface area contributed by atoms with E-state index in [-0.39, 0.29) is 16.8 Å². The summed E-state index contributed by atoms with van der Waals surface area (Å²) in [6.07, 6.45) is 0. The first-order valence-electron chi connectivity index (χ1n) is 9.45. The Hall–Kier alpha value is -2.38. The molecular formula is C21H29N3O3S. The van der Waals surface area contributed by atoms with Gasteiger partial charge in [0.15, 0.2) is 0 Å². The molecule has 0 saturated carbocycles. The van der Waals surface area contributed by atoms with Gasteiger partial charge in [0.05, 0.1) is 4.90 Å². The Balaban J connectivity index is 2.20. The van der Waals surface area contributed by atoms with Crippen LogP contribution in [0.2, 0.25) is 0 Å². The van der Waals surface area contributed by atoms with E-state index in [1.54, 1.807) is 26.0 Å². The minimum atomic E-state index is -3.64. The maximum Gasteiger partial charge on any atom is 0.255 e. The quantitative estimate of drug-likeness (QED) is 0.728. The van der Waals surface area contributed by atoms with Gasteiger partial charge in [-0.25, -0.2) is 8.42 Å². The van der Waals surface area contributed by atoms with Crippen LogP contribution in [0.1, 0.15) is 38.1 Å². The number of sulfonamides is 1. The molecule has 6 nitrogen and oxygen atoms in total. The van der Waals surface area contributed by atoms with Gasteiger partial charge in [-0.1, -0.05) is 6.07 Å². The fourth-order valence-corrected chi connectivity index (χ4v) is 4.20. The maximum absolute atomic E-state index is 12.7. The molecule has 0 saturated heterocycles. The van der Waals surface area contributed by atoms with Crippen molar-refractivity contribution >= 4 is 27.3 Å². The van der Waals surface area contributed by atoms with E-state index in [1.165, 1.54) is 23.5 Å². The van der Waals surface area contributed by atoms with E-state index >= 15 is 0 Å². The number of benzene rings is 2. The monoisotopic (exact) mass is 403 g/mol. The second-order valence-electron chi connectivity index (χ2n) is 6.82. The first-order chi connectivity index (χ1) is 13.2. The lowest BCUT2D eigenvalue weighted by Gasteiger charge is -2.21. The highest BCUT2D eigenvalue weighted by Crippen LogP contribution is 2.20. The van der Waals surface area contributed by atoms with Crippen LogP contribution in [0.4, 0.5) is 11.4 Å². The Morgan fingerprint density at radius 2 is 1.64 bits per heavy atom. The van der Waals surface area contributed by atoms with Crippen LogP contribution >= 0.6 is 0 Å². The summed E-state index contributed by atoms with van der Waals surface area (Å²) >= 11 is 0. The average Bonchev–Trinajstić information content (AvgIpc) is 2.69. The molecule has 2 aromatic rings. The molecule has 2 aromatic carbocycles. The third kappa shape index (κ3) is 4.91. The van der Waals surface area contributed by atoms with E-state index in [0.717, 1.165) is 18.8 Å². The van der Waals surface area contributed by atoms with Crippen molar-refractivity contribution in [2.24, 2.45) is 0 Å². The SMILES string of the molecule is CCN(CC)c1ccc(NC(=O)c2cccc(S(=O)(=O)N(C)C(C)C)c2)cc1. The summed E-state index contributed by atoms with van der Waals surface area (Å²) in [5.74, 6) is -0.347. The smallest absolute Gasteiger partial charge is 0.255 e. The van der Waals surface area contributed by atoms with Gasteiger partial charge in [-0.05, 0) is 70.2 Å². The highest BCUT2D eigenvalue weighted by atomic mass is 32.2. The Kier molecular flexibility index (Phi) is 7.21. The van der Waals surface area contributed by atoms with E-state index in [1.807, 2.05) is 24.3 Å². The third-order valence-corrected chi connectivity index (χ3v) is 6.78. The second-order valence-corrected chi connectivity index (χ2v) is 8.81. The van der Waals surface area contributed by atoms with Crippen molar-refractivity contribution in [1.29, 1.82) is 0 Å². The Bertz CT molecular complexity index is 905. The van der Waals surface area contributed by atoms with Crippen LogP contribution in [0.5, 0.6) is 0 Å². The molecule has 0 spiro atoms. The Labute approximate surface area is 168 Å². The average molecular weight is 404 g/mol. The molecule has 0 heterocycles. The number of carbonyl (C=O) groups excluding carboxylic acids is 1.